The van der Waals surface area contributed by atoms with Crippen molar-refractivity contribution in [1.29, 1.82) is 0 Å². The fourth-order valence-corrected chi connectivity index (χ4v) is 2.81. The molecule has 0 aliphatic carbocycles. The van der Waals surface area contributed by atoms with E-state index in [1.54, 1.807) is 0 Å². The summed E-state index contributed by atoms with van der Waals surface area (Å²) in [5.74, 6) is 0. The van der Waals surface area contributed by atoms with Gasteiger partial charge in [0.05, 0.1) is 0 Å². The second kappa shape index (κ2) is 5.67. The van der Waals surface area contributed by atoms with Crippen molar-refractivity contribution in [1.82, 2.24) is 0 Å². The Bertz CT molecular complexity index is 771. The minimum Gasteiger partial charge on any atom is -0.323 e. The zero-order valence-electron chi connectivity index (χ0n) is 12.8. The van der Waals surface area contributed by atoms with Crippen LogP contribution in [0.5, 0.6) is 0 Å². The largest absolute Gasteiger partial charge is 0.323 e. The normalized spacial score (nSPS) is 13.1. The molecule has 0 aliphatic heterocycles. The van der Waals surface area contributed by atoms with E-state index in [9.17, 15) is 0 Å². The van der Waals surface area contributed by atoms with Crippen LogP contribution in [0.1, 0.15) is 32.4 Å². The molecular weight excluding hydrogens is 278 g/mol. The minimum atomic E-state index is 0. The molecule has 3 aromatic rings. The van der Waals surface area contributed by atoms with Crippen molar-refractivity contribution >= 4 is 34.0 Å². The van der Waals surface area contributed by atoms with Crippen LogP contribution in [-0.4, -0.2) is 0 Å². The molecule has 3 aromatic carbocycles. The molecule has 2 heteroatoms. The average Bonchev–Trinajstić information content (AvgIpc) is 2.44. The van der Waals surface area contributed by atoms with E-state index < -0.39 is 0 Å². The highest BCUT2D eigenvalue weighted by Gasteiger charge is 2.24. The molecule has 0 saturated carbocycles. The molecule has 2 N–H and O–H groups in total. The fraction of sp³-hybridized carbons (Fsp3) is 0.263. The first kappa shape index (κ1) is 15.8. The summed E-state index contributed by atoms with van der Waals surface area (Å²) in [4.78, 5) is 0. The van der Waals surface area contributed by atoms with Gasteiger partial charge in [-0.05, 0) is 38.6 Å². The van der Waals surface area contributed by atoms with Crippen LogP contribution < -0.4 is 5.73 Å². The van der Waals surface area contributed by atoms with Crippen LogP contribution >= 0.6 is 12.4 Å². The van der Waals surface area contributed by atoms with E-state index in [0.29, 0.717) is 0 Å². The van der Waals surface area contributed by atoms with Gasteiger partial charge in [0.25, 0.3) is 0 Å². The van der Waals surface area contributed by atoms with Gasteiger partial charge in [-0.25, -0.2) is 0 Å². The Morgan fingerprint density at radius 2 is 1.33 bits per heavy atom. The predicted octanol–water partition coefficient (Wildman–Crippen LogP) is 5.46. The van der Waals surface area contributed by atoms with E-state index in [-0.39, 0.29) is 23.9 Å². The van der Waals surface area contributed by atoms with Crippen LogP contribution in [0.4, 0.5) is 0 Å². The second-order valence-corrected chi connectivity index (χ2v) is 6.58. The molecule has 0 radical (unpaired) electrons. The number of rotatable bonds is 1. The maximum Gasteiger partial charge on any atom is 0.0350 e. The molecule has 0 amide bonds. The van der Waals surface area contributed by atoms with E-state index in [1.807, 2.05) is 0 Å². The highest BCUT2D eigenvalue weighted by Crippen LogP contribution is 2.37. The maximum atomic E-state index is 6.53. The van der Waals surface area contributed by atoms with Crippen molar-refractivity contribution in [2.24, 2.45) is 11.1 Å². The Morgan fingerprint density at radius 3 is 1.95 bits per heavy atom. The van der Waals surface area contributed by atoms with Crippen molar-refractivity contribution in [3.05, 3.63) is 60.2 Å². The molecule has 21 heavy (non-hydrogen) atoms. The molecule has 0 unspecified atom stereocenters. The molecule has 1 atom stereocenters. The van der Waals surface area contributed by atoms with Gasteiger partial charge >= 0.3 is 0 Å². The van der Waals surface area contributed by atoms with Gasteiger partial charge in [0.2, 0.25) is 0 Å². The first-order valence-electron chi connectivity index (χ1n) is 7.14. The Hall–Kier alpha value is -1.57. The molecule has 1 nitrogen and oxygen atoms in total. The summed E-state index contributed by atoms with van der Waals surface area (Å²) in [6.07, 6.45) is 0. The maximum absolute atomic E-state index is 6.53. The third kappa shape index (κ3) is 2.76. The van der Waals surface area contributed by atoms with Gasteiger partial charge in [-0.15, -0.1) is 12.4 Å². The summed E-state index contributed by atoms with van der Waals surface area (Å²) < 4.78 is 0. The first-order valence-corrected chi connectivity index (χ1v) is 7.14. The summed E-state index contributed by atoms with van der Waals surface area (Å²) in [5, 5.41) is 5.13. The lowest BCUT2D eigenvalue weighted by atomic mass is 9.80. The molecule has 110 valence electrons. The van der Waals surface area contributed by atoms with Crippen molar-refractivity contribution < 1.29 is 0 Å². The Kier molecular flexibility index (Phi) is 4.27. The molecule has 0 fully saturated rings. The molecule has 0 aromatic heterocycles. The van der Waals surface area contributed by atoms with Crippen molar-refractivity contribution in [2.75, 3.05) is 0 Å². The predicted molar refractivity (Wildman–Crippen MR) is 95.1 cm³/mol. The summed E-state index contributed by atoms with van der Waals surface area (Å²) >= 11 is 0. The van der Waals surface area contributed by atoms with E-state index in [1.165, 1.54) is 27.1 Å². The summed E-state index contributed by atoms with van der Waals surface area (Å²) in [6.45, 7) is 6.59. The van der Waals surface area contributed by atoms with Crippen molar-refractivity contribution in [3.8, 4) is 0 Å². The lowest BCUT2D eigenvalue weighted by molar-refractivity contribution is 0.329. The number of hydrogen-bond acceptors (Lipinski definition) is 1. The minimum absolute atomic E-state index is 0. The topological polar surface area (TPSA) is 26.0 Å². The van der Waals surface area contributed by atoms with E-state index in [0.717, 1.165) is 0 Å². The van der Waals surface area contributed by atoms with Gasteiger partial charge in [-0.2, -0.15) is 0 Å². The van der Waals surface area contributed by atoms with Crippen molar-refractivity contribution in [3.63, 3.8) is 0 Å². The van der Waals surface area contributed by atoms with Gasteiger partial charge in [-0.1, -0.05) is 69.3 Å². The van der Waals surface area contributed by atoms with Gasteiger partial charge < -0.3 is 5.73 Å². The van der Waals surface area contributed by atoms with Crippen LogP contribution in [0, 0.1) is 5.41 Å². The highest BCUT2D eigenvalue weighted by molar-refractivity contribution is 6.09. The molecule has 0 aliphatic rings. The zero-order valence-corrected chi connectivity index (χ0v) is 13.6. The quantitative estimate of drug-likeness (QED) is 0.593. The summed E-state index contributed by atoms with van der Waals surface area (Å²) in [6, 6.07) is 19.4. The second-order valence-electron chi connectivity index (χ2n) is 6.58. The van der Waals surface area contributed by atoms with Gasteiger partial charge in [0.1, 0.15) is 0 Å². The zero-order chi connectivity index (χ0) is 14.3. The lowest BCUT2D eigenvalue weighted by Crippen LogP contribution is -2.26. The number of halogens is 1. The number of nitrogens with two attached hydrogens (primary N) is 1. The van der Waals surface area contributed by atoms with E-state index in [2.05, 4.69) is 75.4 Å². The van der Waals surface area contributed by atoms with Gasteiger partial charge in [0.15, 0.2) is 0 Å². The highest BCUT2D eigenvalue weighted by atomic mass is 35.5. The van der Waals surface area contributed by atoms with Crippen LogP contribution in [0.15, 0.2) is 54.6 Å². The van der Waals surface area contributed by atoms with Gasteiger partial charge in [0, 0.05) is 6.04 Å². The van der Waals surface area contributed by atoms with E-state index in [4.69, 9.17) is 5.73 Å². The molecule has 0 saturated heterocycles. The summed E-state index contributed by atoms with van der Waals surface area (Å²) in [7, 11) is 0. The number of hydrogen-bond donors (Lipinski definition) is 1. The Balaban J connectivity index is 0.00000161. The molecular formula is C19H22ClN. The smallest absolute Gasteiger partial charge is 0.0350 e. The van der Waals surface area contributed by atoms with Crippen LogP contribution in [0.25, 0.3) is 21.5 Å². The average molecular weight is 300 g/mol. The molecule has 3 rings (SSSR count). The third-order valence-electron chi connectivity index (χ3n) is 4.07. The van der Waals surface area contributed by atoms with Crippen LogP contribution in [0.3, 0.4) is 0 Å². The third-order valence-corrected chi connectivity index (χ3v) is 4.07. The monoisotopic (exact) mass is 299 g/mol. The fourth-order valence-electron chi connectivity index (χ4n) is 2.81. The van der Waals surface area contributed by atoms with Crippen LogP contribution in [-0.2, 0) is 0 Å². The lowest BCUT2D eigenvalue weighted by Gasteiger charge is -2.29. The number of benzene rings is 3. The summed E-state index contributed by atoms with van der Waals surface area (Å²) in [5.41, 5.74) is 7.82. The Labute approximate surface area is 132 Å². The first-order chi connectivity index (χ1) is 9.48. The molecule has 0 heterocycles. The van der Waals surface area contributed by atoms with Gasteiger partial charge in [-0.3, -0.25) is 0 Å². The standard InChI is InChI=1S/C19H21N.ClH/c1-19(2,3)18(20)17-12-13-8-4-5-9-14(13)15-10-6-7-11-16(15)17;/h4-12,18H,20H2,1-3H3;1H/t18-;/m0./s1. The molecule has 0 spiro atoms. The molecule has 0 bridgehead atoms. The Morgan fingerprint density at radius 1 is 0.810 bits per heavy atom. The number of fused-ring (bicyclic) bond motifs is 3. The van der Waals surface area contributed by atoms with E-state index >= 15 is 0 Å². The SMILES string of the molecule is CC(C)(C)[C@@H](N)c1cc2ccccc2c2ccccc12.Cl. The van der Waals surface area contributed by atoms with Crippen LogP contribution in [0.2, 0.25) is 0 Å². The van der Waals surface area contributed by atoms with Crippen molar-refractivity contribution in [2.45, 2.75) is 26.8 Å².